The Hall–Kier alpha value is -4.04. The summed E-state index contributed by atoms with van der Waals surface area (Å²) in [7, 11) is 0. The highest BCUT2D eigenvalue weighted by Crippen LogP contribution is 2.38. The summed E-state index contributed by atoms with van der Waals surface area (Å²) >= 11 is 12.0. The molecule has 4 rings (SSSR count). The van der Waals surface area contributed by atoms with Crippen molar-refractivity contribution in [2.24, 2.45) is 0 Å². The Morgan fingerprint density at radius 3 is 2.10 bits per heavy atom. The fourth-order valence-electron chi connectivity index (χ4n) is 4.62. The number of hydrogen-bond acceptors (Lipinski definition) is 9. The van der Waals surface area contributed by atoms with Crippen LogP contribution in [-0.4, -0.2) is 47.4 Å². The van der Waals surface area contributed by atoms with Crippen molar-refractivity contribution in [1.29, 1.82) is 5.26 Å². The maximum atomic E-state index is 12.3. The van der Waals surface area contributed by atoms with Crippen molar-refractivity contribution in [3.05, 3.63) is 75.9 Å². The highest BCUT2D eigenvalue weighted by atomic mass is 35.5. The molecule has 1 aromatic heterocycles. The third kappa shape index (κ3) is 6.23. The maximum absolute atomic E-state index is 12.3. The number of carbonyl (C=O) groups excluding carboxylic acids is 3. The lowest BCUT2D eigenvalue weighted by Crippen LogP contribution is -2.55. The molecule has 0 amide bonds. The van der Waals surface area contributed by atoms with Gasteiger partial charge in [-0.25, -0.2) is 0 Å². The first kappa shape index (κ1) is 29.0. The summed E-state index contributed by atoms with van der Waals surface area (Å²) in [5.74, 6) is -2.01. The summed E-state index contributed by atoms with van der Waals surface area (Å²) in [6.45, 7) is 3.38. The van der Waals surface area contributed by atoms with Crippen LogP contribution in [0.3, 0.4) is 0 Å². The summed E-state index contributed by atoms with van der Waals surface area (Å²) in [4.78, 5) is 36.1. The Balaban J connectivity index is 1.99. The second kappa shape index (κ2) is 12.4. The Bertz CT molecular complexity index is 1530. The molecule has 0 aliphatic carbocycles. The van der Waals surface area contributed by atoms with E-state index < -0.39 is 42.4 Å². The molecule has 11 heteroatoms. The van der Waals surface area contributed by atoms with Crippen LogP contribution in [0.1, 0.15) is 32.6 Å². The Labute approximate surface area is 240 Å². The topological polar surface area (TPSA) is 117 Å². The predicted molar refractivity (Wildman–Crippen MR) is 148 cm³/mol. The number of nitriles is 1. The fraction of sp³-hybridized carbons (Fsp3) is 0.276. The van der Waals surface area contributed by atoms with Crippen LogP contribution < -0.4 is 0 Å². The van der Waals surface area contributed by atoms with Crippen molar-refractivity contribution in [3.63, 3.8) is 0 Å². The SMILES string of the molecule is CC(=O)OC1COC(n2c(-c3ccc(Cl)cc3)cc(-c3ccccc3)c(C#N)c2=S)C(OC(C)=O)C1OC(C)=O. The van der Waals surface area contributed by atoms with E-state index >= 15 is 0 Å². The molecule has 0 radical (unpaired) electrons. The van der Waals surface area contributed by atoms with Gasteiger partial charge in [-0.1, -0.05) is 66.3 Å². The molecule has 2 aromatic carbocycles. The van der Waals surface area contributed by atoms with Crippen LogP contribution in [0, 0.1) is 16.0 Å². The molecule has 1 fully saturated rings. The number of ether oxygens (including phenoxy) is 4. The van der Waals surface area contributed by atoms with Gasteiger partial charge in [0.25, 0.3) is 0 Å². The van der Waals surface area contributed by atoms with Crippen LogP contribution in [0.2, 0.25) is 5.02 Å². The zero-order valence-corrected chi connectivity index (χ0v) is 23.4. The number of nitrogens with zero attached hydrogens (tertiary/aromatic N) is 2. The predicted octanol–water partition coefficient (Wildman–Crippen LogP) is 5.40. The average molecular weight is 581 g/mol. The number of halogens is 1. The second-order valence-corrected chi connectivity index (χ2v) is 9.82. The fourth-order valence-corrected chi connectivity index (χ4v) is 5.10. The quantitative estimate of drug-likeness (QED) is 0.214. The van der Waals surface area contributed by atoms with E-state index in [1.54, 1.807) is 34.9 Å². The first-order valence-electron chi connectivity index (χ1n) is 12.2. The first-order chi connectivity index (χ1) is 19.1. The minimum atomic E-state index is -1.29. The van der Waals surface area contributed by atoms with Gasteiger partial charge in [0, 0.05) is 31.4 Å². The molecule has 4 unspecified atom stereocenters. The van der Waals surface area contributed by atoms with Crippen molar-refractivity contribution < 1.29 is 33.3 Å². The molecule has 206 valence electrons. The molecule has 1 saturated heterocycles. The van der Waals surface area contributed by atoms with Crippen LogP contribution in [0.5, 0.6) is 0 Å². The lowest BCUT2D eigenvalue weighted by molar-refractivity contribution is -0.239. The standard InChI is InChI=1S/C29H25ClN2O7S/c1-16(33)37-25-15-36-28(27(39-18(3)35)26(25)38-17(2)34)32-24(20-9-11-21(30)12-10-20)13-22(23(14-31)29(32)40)19-7-5-4-6-8-19/h4-13,25-28H,15H2,1-3H3. The van der Waals surface area contributed by atoms with Gasteiger partial charge in [-0.05, 0) is 29.3 Å². The zero-order valence-electron chi connectivity index (χ0n) is 21.8. The van der Waals surface area contributed by atoms with Gasteiger partial charge in [-0.2, -0.15) is 5.26 Å². The molecule has 0 N–H and O–H groups in total. The van der Waals surface area contributed by atoms with Gasteiger partial charge in [0.2, 0.25) is 0 Å². The van der Waals surface area contributed by atoms with E-state index in [1.165, 1.54) is 20.8 Å². The minimum absolute atomic E-state index is 0.100. The monoisotopic (exact) mass is 580 g/mol. The summed E-state index contributed by atoms with van der Waals surface area (Å²) in [5.41, 5.74) is 2.74. The molecule has 1 aliphatic heterocycles. The molecule has 4 atom stereocenters. The molecule has 1 aliphatic rings. The number of rotatable bonds is 6. The van der Waals surface area contributed by atoms with E-state index in [9.17, 15) is 19.6 Å². The van der Waals surface area contributed by atoms with E-state index in [4.69, 9.17) is 42.8 Å². The van der Waals surface area contributed by atoms with Crippen LogP contribution in [0.4, 0.5) is 0 Å². The van der Waals surface area contributed by atoms with Gasteiger partial charge in [0.05, 0.1) is 17.9 Å². The molecule has 0 bridgehead atoms. The molecule has 0 spiro atoms. The van der Waals surface area contributed by atoms with E-state index in [0.717, 1.165) is 5.56 Å². The molecule has 0 saturated carbocycles. The van der Waals surface area contributed by atoms with Gasteiger partial charge in [0.1, 0.15) is 10.7 Å². The minimum Gasteiger partial charge on any atom is -0.456 e. The Morgan fingerprint density at radius 1 is 0.925 bits per heavy atom. The van der Waals surface area contributed by atoms with Gasteiger partial charge in [-0.3, -0.25) is 14.4 Å². The van der Waals surface area contributed by atoms with Crippen molar-refractivity contribution in [2.75, 3.05) is 6.61 Å². The van der Waals surface area contributed by atoms with Crippen LogP contribution in [-0.2, 0) is 33.3 Å². The molecular weight excluding hydrogens is 556 g/mol. The third-order valence-corrected chi connectivity index (χ3v) is 6.81. The number of benzene rings is 2. The highest BCUT2D eigenvalue weighted by Gasteiger charge is 2.48. The zero-order chi connectivity index (χ0) is 29.0. The van der Waals surface area contributed by atoms with Crippen LogP contribution >= 0.6 is 23.8 Å². The summed E-state index contributed by atoms with van der Waals surface area (Å²) in [6, 6.07) is 20.2. The maximum Gasteiger partial charge on any atom is 0.303 e. The number of hydrogen-bond donors (Lipinski definition) is 0. The third-order valence-electron chi connectivity index (χ3n) is 6.16. The van der Waals surface area contributed by atoms with E-state index in [2.05, 4.69) is 6.07 Å². The smallest absolute Gasteiger partial charge is 0.303 e. The second-order valence-electron chi connectivity index (χ2n) is 9.00. The lowest BCUT2D eigenvalue weighted by Gasteiger charge is -2.42. The van der Waals surface area contributed by atoms with Crippen molar-refractivity contribution in [3.8, 4) is 28.5 Å². The molecular formula is C29H25ClN2O7S. The Morgan fingerprint density at radius 2 is 1.52 bits per heavy atom. The summed E-state index contributed by atoms with van der Waals surface area (Å²) in [6.07, 6.45) is -4.72. The van der Waals surface area contributed by atoms with E-state index in [0.29, 0.717) is 21.8 Å². The van der Waals surface area contributed by atoms with E-state index in [-0.39, 0.29) is 16.8 Å². The molecule has 40 heavy (non-hydrogen) atoms. The van der Waals surface area contributed by atoms with Crippen molar-refractivity contribution in [2.45, 2.75) is 45.3 Å². The van der Waals surface area contributed by atoms with E-state index in [1.807, 2.05) is 30.3 Å². The van der Waals surface area contributed by atoms with Crippen LogP contribution in [0.15, 0.2) is 60.7 Å². The molecule has 2 heterocycles. The summed E-state index contributed by atoms with van der Waals surface area (Å²) in [5, 5.41) is 10.7. The molecule has 3 aromatic rings. The van der Waals surface area contributed by atoms with Gasteiger partial charge >= 0.3 is 17.9 Å². The molecule has 9 nitrogen and oxygen atoms in total. The largest absolute Gasteiger partial charge is 0.456 e. The number of pyridine rings is 1. The van der Waals surface area contributed by atoms with Gasteiger partial charge in [0.15, 0.2) is 24.5 Å². The number of esters is 3. The van der Waals surface area contributed by atoms with Gasteiger partial charge < -0.3 is 23.5 Å². The van der Waals surface area contributed by atoms with Crippen LogP contribution in [0.25, 0.3) is 22.4 Å². The number of aromatic nitrogens is 1. The summed E-state index contributed by atoms with van der Waals surface area (Å²) < 4.78 is 24.3. The van der Waals surface area contributed by atoms with Gasteiger partial charge in [-0.15, -0.1) is 0 Å². The normalized spacial score (nSPS) is 20.2. The van der Waals surface area contributed by atoms with Crippen molar-refractivity contribution in [1.82, 2.24) is 4.57 Å². The lowest BCUT2D eigenvalue weighted by atomic mass is 9.97. The van der Waals surface area contributed by atoms with Crippen molar-refractivity contribution >= 4 is 41.7 Å². The number of carbonyl (C=O) groups is 3. The average Bonchev–Trinajstić information content (AvgIpc) is 2.90. The highest BCUT2D eigenvalue weighted by molar-refractivity contribution is 7.71. The Kier molecular flexibility index (Phi) is 9.00. The first-order valence-corrected chi connectivity index (χ1v) is 13.0.